The van der Waals surface area contributed by atoms with Gasteiger partial charge in [-0.05, 0) is 48.0 Å². The lowest BCUT2D eigenvalue weighted by atomic mass is 10.1. The third kappa shape index (κ3) is 3.31. The monoisotopic (exact) mass is 391 g/mol. The SMILES string of the molecule is CC1(C)CN(C(=O)c2ccc(Br)cc2Br)CCS1. The molecular formula is C13H15Br2NOS. The first-order valence-corrected chi connectivity index (χ1v) is 8.34. The lowest BCUT2D eigenvalue weighted by Gasteiger charge is -2.37. The highest BCUT2D eigenvalue weighted by atomic mass is 79.9. The summed E-state index contributed by atoms with van der Waals surface area (Å²) in [4.78, 5) is 14.4. The summed E-state index contributed by atoms with van der Waals surface area (Å²) < 4.78 is 1.97. The third-order valence-electron chi connectivity index (χ3n) is 2.87. The lowest BCUT2D eigenvalue weighted by molar-refractivity contribution is 0.0747. The van der Waals surface area contributed by atoms with Crippen molar-refractivity contribution in [3.63, 3.8) is 0 Å². The van der Waals surface area contributed by atoms with Crippen LogP contribution >= 0.6 is 43.6 Å². The second-order valence-corrected chi connectivity index (χ2v) is 8.53. The van der Waals surface area contributed by atoms with Gasteiger partial charge in [0.15, 0.2) is 0 Å². The van der Waals surface area contributed by atoms with Crippen molar-refractivity contribution in [1.82, 2.24) is 4.90 Å². The molecule has 2 rings (SSSR count). The fourth-order valence-corrected chi connectivity index (χ4v) is 4.35. The van der Waals surface area contributed by atoms with Crippen molar-refractivity contribution in [2.75, 3.05) is 18.8 Å². The van der Waals surface area contributed by atoms with Gasteiger partial charge in [-0.2, -0.15) is 11.8 Å². The molecule has 0 saturated carbocycles. The molecule has 98 valence electrons. The average molecular weight is 393 g/mol. The molecule has 0 bridgehead atoms. The minimum atomic E-state index is 0.114. The van der Waals surface area contributed by atoms with Gasteiger partial charge in [-0.15, -0.1) is 0 Å². The largest absolute Gasteiger partial charge is 0.336 e. The first-order chi connectivity index (χ1) is 8.39. The normalized spacial score (nSPS) is 18.8. The zero-order chi connectivity index (χ0) is 13.3. The Morgan fingerprint density at radius 1 is 1.39 bits per heavy atom. The van der Waals surface area contributed by atoms with Crippen molar-refractivity contribution in [1.29, 1.82) is 0 Å². The van der Waals surface area contributed by atoms with Gasteiger partial charge >= 0.3 is 0 Å². The van der Waals surface area contributed by atoms with Gasteiger partial charge in [-0.25, -0.2) is 0 Å². The maximum atomic E-state index is 12.5. The van der Waals surface area contributed by atoms with Crippen LogP contribution in [0.1, 0.15) is 24.2 Å². The van der Waals surface area contributed by atoms with Crippen molar-refractivity contribution in [2.24, 2.45) is 0 Å². The smallest absolute Gasteiger partial charge is 0.255 e. The quantitative estimate of drug-likeness (QED) is 0.714. The van der Waals surface area contributed by atoms with E-state index in [-0.39, 0.29) is 10.7 Å². The highest BCUT2D eigenvalue weighted by Crippen LogP contribution is 2.31. The topological polar surface area (TPSA) is 20.3 Å². The molecule has 18 heavy (non-hydrogen) atoms. The van der Waals surface area contributed by atoms with E-state index in [1.165, 1.54) is 0 Å². The minimum Gasteiger partial charge on any atom is -0.336 e. The zero-order valence-electron chi connectivity index (χ0n) is 10.4. The maximum Gasteiger partial charge on any atom is 0.255 e. The van der Waals surface area contributed by atoms with Crippen molar-refractivity contribution >= 4 is 49.5 Å². The van der Waals surface area contributed by atoms with E-state index >= 15 is 0 Å². The van der Waals surface area contributed by atoms with Gasteiger partial charge in [0.1, 0.15) is 0 Å². The molecule has 1 saturated heterocycles. The molecule has 0 atom stereocenters. The molecule has 1 aliphatic heterocycles. The summed E-state index contributed by atoms with van der Waals surface area (Å²) in [6, 6.07) is 5.68. The van der Waals surface area contributed by atoms with Gasteiger partial charge in [-0.1, -0.05) is 15.9 Å². The molecule has 5 heteroatoms. The standard InChI is InChI=1S/C13H15Br2NOS/c1-13(2)8-16(5-6-18-13)12(17)10-4-3-9(14)7-11(10)15/h3-4,7H,5-6,8H2,1-2H3. The van der Waals surface area contributed by atoms with Crippen LogP contribution in [0.2, 0.25) is 0 Å². The van der Waals surface area contributed by atoms with Gasteiger partial charge in [-0.3, -0.25) is 4.79 Å². The molecule has 1 aromatic carbocycles. The first-order valence-electron chi connectivity index (χ1n) is 5.77. The van der Waals surface area contributed by atoms with Crippen LogP contribution in [0.15, 0.2) is 27.1 Å². The van der Waals surface area contributed by atoms with E-state index in [4.69, 9.17) is 0 Å². The third-order valence-corrected chi connectivity index (χ3v) is 5.32. The molecule has 0 unspecified atom stereocenters. The molecule has 0 aromatic heterocycles. The number of hydrogen-bond donors (Lipinski definition) is 0. The lowest BCUT2D eigenvalue weighted by Crippen LogP contribution is -2.46. The van der Waals surface area contributed by atoms with Crippen LogP contribution in [-0.4, -0.2) is 34.4 Å². The molecular weight excluding hydrogens is 378 g/mol. The number of hydrogen-bond acceptors (Lipinski definition) is 2. The van der Waals surface area contributed by atoms with Crippen molar-refractivity contribution < 1.29 is 4.79 Å². The predicted molar refractivity (Wildman–Crippen MR) is 84.3 cm³/mol. The van der Waals surface area contributed by atoms with E-state index in [1.807, 2.05) is 34.9 Å². The summed E-state index contributed by atoms with van der Waals surface area (Å²) in [5.74, 6) is 1.12. The van der Waals surface area contributed by atoms with E-state index in [9.17, 15) is 4.79 Å². The Morgan fingerprint density at radius 3 is 2.72 bits per heavy atom. The number of carbonyl (C=O) groups excluding carboxylic acids is 1. The molecule has 1 amide bonds. The van der Waals surface area contributed by atoms with Gasteiger partial charge in [0.25, 0.3) is 5.91 Å². The van der Waals surface area contributed by atoms with E-state index in [0.717, 1.165) is 33.4 Å². The van der Waals surface area contributed by atoms with Crippen LogP contribution < -0.4 is 0 Å². The summed E-state index contributed by atoms with van der Waals surface area (Å²) in [5, 5.41) is 0. The summed E-state index contributed by atoms with van der Waals surface area (Å²) >= 11 is 8.79. The number of nitrogens with zero attached hydrogens (tertiary/aromatic N) is 1. The number of amides is 1. The molecule has 1 fully saturated rings. The summed E-state index contributed by atoms with van der Waals surface area (Å²) in [5.41, 5.74) is 0.737. The second kappa shape index (κ2) is 5.55. The Morgan fingerprint density at radius 2 is 2.11 bits per heavy atom. The van der Waals surface area contributed by atoms with Crippen LogP contribution in [0, 0.1) is 0 Å². The Balaban J connectivity index is 2.20. The summed E-state index contributed by atoms with van der Waals surface area (Å²) in [6.07, 6.45) is 0. The first kappa shape index (κ1) is 14.4. The van der Waals surface area contributed by atoms with Crippen molar-refractivity contribution in [3.05, 3.63) is 32.7 Å². The number of halogens is 2. The zero-order valence-corrected chi connectivity index (χ0v) is 14.4. The molecule has 0 N–H and O–H groups in total. The van der Waals surface area contributed by atoms with Crippen LogP contribution in [-0.2, 0) is 0 Å². The molecule has 1 heterocycles. The van der Waals surface area contributed by atoms with Crippen LogP contribution in [0.4, 0.5) is 0 Å². The fraction of sp³-hybridized carbons (Fsp3) is 0.462. The van der Waals surface area contributed by atoms with Crippen LogP contribution in [0.3, 0.4) is 0 Å². The van der Waals surface area contributed by atoms with Crippen LogP contribution in [0.5, 0.6) is 0 Å². The average Bonchev–Trinajstić information content (AvgIpc) is 2.27. The molecule has 0 aliphatic carbocycles. The Kier molecular flexibility index (Phi) is 4.44. The van der Waals surface area contributed by atoms with E-state index in [0.29, 0.717) is 0 Å². The van der Waals surface area contributed by atoms with E-state index in [1.54, 1.807) is 0 Å². The van der Waals surface area contributed by atoms with Gasteiger partial charge < -0.3 is 4.90 Å². The highest BCUT2D eigenvalue weighted by molar-refractivity contribution is 9.11. The van der Waals surface area contributed by atoms with Crippen molar-refractivity contribution in [3.8, 4) is 0 Å². The van der Waals surface area contributed by atoms with Crippen molar-refractivity contribution in [2.45, 2.75) is 18.6 Å². The van der Waals surface area contributed by atoms with Gasteiger partial charge in [0.05, 0.1) is 5.56 Å². The molecule has 2 nitrogen and oxygen atoms in total. The van der Waals surface area contributed by atoms with Gasteiger partial charge in [0.2, 0.25) is 0 Å². The number of rotatable bonds is 1. The molecule has 1 aromatic rings. The number of carbonyl (C=O) groups is 1. The molecule has 1 aliphatic rings. The Labute approximate surface area is 129 Å². The Bertz CT molecular complexity index is 476. The van der Waals surface area contributed by atoms with Gasteiger partial charge in [0, 0.05) is 32.5 Å². The van der Waals surface area contributed by atoms with E-state index in [2.05, 4.69) is 45.7 Å². The Hall–Kier alpha value is -0.000000000000000111. The number of thioether (sulfide) groups is 1. The molecule has 0 radical (unpaired) electrons. The van der Waals surface area contributed by atoms with Crippen LogP contribution in [0.25, 0.3) is 0 Å². The summed E-state index contributed by atoms with van der Waals surface area (Å²) in [6.45, 7) is 6.01. The second-order valence-electron chi connectivity index (χ2n) is 4.96. The minimum absolute atomic E-state index is 0.114. The number of benzene rings is 1. The van der Waals surface area contributed by atoms with E-state index < -0.39 is 0 Å². The fourth-order valence-electron chi connectivity index (χ4n) is 2.02. The molecule has 0 spiro atoms. The summed E-state index contributed by atoms with van der Waals surface area (Å²) in [7, 11) is 0. The predicted octanol–water partition coefficient (Wildman–Crippen LogP) is 4.18. The maximum absolute atomic E-state index is 12.5. The highest BCUT2D eigenvalue weighted by Gasteiger charge is 2.30.